The fourth-order valence-corrected chi connectivity index (χ4v) is 1.58. The van der Waals surface area contributed by atoms with Crippen LogP contribution in [0.1, 0.15) is 30.5 Å². The van der Waals surface area contributed by atoms with E-state index < -0.39 is 46.7 Å². The third-order valence-electron chi connectivity index (χ3n) is 2.74. The third-order valence-corrected chi connectivity index (χ3v) is 2.74. The molecule has 0 saturated carbocycles. The van der Waals surface area contributed by atoms with E-state index >= 15 is 0 Å². The van der Waals surface area contributed by atoms with Crippen molar-refractivity contribution in [3.05, 3.63) is 59.8 Å². The molecule has 0 aliphatic rings. The first-order valence-corrected chi connectivity index (χ1v) is 7.91. The first-order valence-electron chi connectivity index (χ1n) is 7.91. The lowest BCUT2D eigenvalue weighted by Crippen LogP contribution is -2.39. The Labute approximate surface area is 167 Å². The Morgan fingerprint density at radius 3 is 1.90 bits per heavy atom. The molecule has 5 N–H and O–H groups in total. The van der Waals surface area contributed by atoms with E-state index in [-0.39, 0.29) is 6.07 Å². The number of halogens is 6. The molecule has 30 heavy (non-hydrogen) atoms. The summed E-state index contributed by atoms with van der Waals surface area (Å²) in [7, 11) is 0. The highest BCUT2D eigenvalue weighted by Crippen LogP contribution is 2.36. The number of nitrogens with zero attached hydrogens (tertiary/aromatic N) is 1. The Hall–Kier alpha value is -3.51. The van der Waals surface area contributed by atoms with E-state index in [9.17, 15) is 35.9 Å². The molecule has 1 aromatic rings. The van der Waals surface area contributed by atoms with E-state index in [2.05, 4.69) is 17.1 Å². The lowest BCUT2D eigenvalue weighted by molar-refractivity contribution is -0.143. The van der Waals surface area contributed by atoms with Crippen molar-refractivity contribution in [2.75, 3.05) is 0 Å². The fraction of sp³-hybridized carbons (Fsp3) is 0.235. The SMILES string of the molecule is C=CC.CC(=O)NNC(=O)/C=C\N/N=C(\N)c1cc(C(F)(F)F)cc(C(F)(F)F)c1. The quantitative estimate of drug-likeness (QED) is 0.145. The Morgan fingerprint density at radius 1 is 1.03 bits per heavy atom. The number of hydrogen-bond donors (Lipinski definition) is 4. The molecule has 0 bridgehead atoms. The highest BCUT2D eigenvalue weighted by molar-refractivity contribution is 5.97. The summed E-state index contributed by atoms with van der Waals surface area (Å²) in [5.41, 5.74) is 7.67. The van der Waals surface area contributed by atoms with Gasteiger partial charge in [-0.2, -0.15) is 31.4 Å². The number of rotatable bonds is 4. The van der Waals surface area contributed by atoms with Gasteiger partial charge >= 0.3 is 12.4 Å². The van der Waals surface area contributed by atoms with Gasteiger partial charge in [0.1, 0.15) is 0 Å². The van der Waals surface area contributed by atoms with Crippen LogP contribution in [0.2, 0.25) is 0 Å². The van der Waals surface area contributed by atoms with Crippen LogP contribution in [0, 0.1) is 0 Å². The number of nitrogens with one attached hydrogen (secondary N) is 3. The minimum atomic E-state index is -5.02. The zero-order chi connectivity index (χ0) is 23.5. The zero-order valence-electron chi connectivity index (χ0n) is 15.8. The first-order chi connectivity index (χ1) is 13.7. The summed E-state index contributed by atoms with van der Waals surface area (Å²) in [6.45, 7) is 6.39. The molecule has 0 heterocycles. The van der Waals surface area contributed by atoms with Crippen molar-refractivity contribution in [2.24, 2.45) is 10.8 Å². The number of hydrazone groups is 1. The molecule has 0 radical (unpaired) electrons. The number of allylic oxidation sites excluding steroid dienone is 1. The third kappa shape index (κ3) is 10.1. The van der Waals surface area contributed by atoms with Crippen molar-refractivity contribution in [1.29, 1.82) is 0 Å². The molecule has 0 atom stereocenters. The Bertz CT molecular complexity index is 784. The van der Waals surface area contributed by atoms with E-state index in [0.29, 0.717) is 12.1 Å². The van der Waals surface area contributed by atoms with Gasteiger partial charge in [-0.15, -0.1) is 6.58 Å². The number of amides is 2. The average Bonchev–Trinajstić information content (AvgIpc) is 2.62. The van der Waals surface area contributed by atoms with Gasteiger partial charge in [-0.1, -0.05) is 6.08 Å². The molecule has 1 rings (SSSR count). The van der Waals surface area contributed by atoms with Crippen molar-refractivity contribution in [3.63, 3.8) is 0 Å². The maximum atomic E-state index is 12.8. The second kappa shape index (κ2) is 11.5. The van der Waals surface area contributed by atoms with Gasteiger partial charge in [0.25, 0.3) is 5.91 Å². The highest BCUT2D eigenvalue weighted by atomic mass is 19.4. The predicted molar refractivity (Wildman–Crippen MR) is 97.3 cm³/mol. The molecular formula is C17H19F6N5O2. The molecule has 0 unspecified atom stereocenters. The minimum absolute atomic E-state index is 0.0452. The second-order valence-corrected chi connectivity index (χ2v) is 5.33. The average molecular weight is 439 g/mol. The van der Waals surface area contributed by atoms with Crippen LogP contribution < -0.4 is 22.0 Å². The Balaban J connectivity index is 0.00000263. The van der Waals surface area contributed by atoms with Crippen LogP contribution in [0.3, 0.4) is 0 Å². The molecule has 13 heteroatoms. The normalized spacial score (nSPS) is 11.9. The zero-order valence-corrected chi connectivity index (χ0v) is 15.8. The number of carbonyl (C=O) groups is 2. The number of nitrogens with two attached hydrogens (primary N) is 1. The second-order valence-electron chi connectivity index (χ2n) is 5.33. The maximum Gasteiger partial charge on any atom is 0.416 e. The lowest BCUT2D eigenvalue weighted by atomic mass is 10.0. The molecule has 0 spiro atoms. The van der Waals surface area contributed by atoms with E-state index in [1.165, 1.54) is 0 Å². The molecular weight excluding hydrogens is 420 g/mol. The Morgan fingerprint density at radius 2 is 1.50 bits per heavy atom. The predicted octanol–water partition coefficient (Wildman–Crippen LogP) is 2.81. The summed E-state index contributed by atoms with van der Waals surface area (Å²) >= 11 is 0. The smallest absolute Gasteiger partial charge is 0.382 e. The number of hydrazine groups is 1. The number of carbonyl (C=O) groups excluding carboxylic acids is 2. The number of hydrogen-bond acceptors (Lipinski definition) is 4. The van der Waals surface area contributed by atoms with Gasteiger partial charge in [0.2, 0.25) is 5.91 Å². The molecule has 1 aromatic carbocycles. The summed E-state index contributed by atoms with van der Waals surface area (Å²) in [4.78, 5) is 21.7. The molecule has 166 valence electrons. The van der Waals surface area contributed by atoms with Gasteiger partial charge in [-0.05, 0) is 25.1 Å². The lowest BCUT2D eigenvalue weighted by Gasteiger charge is -2.13. The van der Waals surface area contributed by atoms with Crippen LogP contribution >= 0.6 is 0 Å². The van der Waals surface area contributed by atoms with Crippen LogP contribution in [0.15, 0.2) is 48.2 Å². The summed E-state index contributed by atoms with van der Waals surface area (Å²) in [5.74, 6) is -2.01. The maximum absolute atomic E-state index is 12.8. The summed E-state index contributed by atoms with van der Waals surface area (Å²) in [5, 5.41) is 3.36. The monoisotopic (exact) mass is 439 g/mol. The minimum Gasteiger partial charge on any atom is -0.382 e. The number of alkyl halides is 6. The van der Waals surface area contributed by atoms with Crippen LogP contribution in [-0.2, 0) is 21.9 Å². The van der Waals surface area contributed by atoms with Crippen LogP contribution in [0.5, 0.6) is 0 Å². The van der Waals surface area contributed by atoms with E-state index in [1.54, 1.807) is 6.08 Å². The van der Waals surface area contributed by atoms with Crippen LogP contribution in [-0.4, -0.2) is 17.6 Å². The molecule has 0 fully saturated rings. The topological polar surface area (TPSA) is 109 Å². The molecule has 0 saturated heterocycles. The van der Waals surface area contributed by atoms with Gasteiger partial charge in [-0.25, -0.2) is 0 Å². The van der Waals surface area contributed by atoms with Crippen LogP contribution in [0.4, 0.5) is 26.3 Å². The van der Waals surface area contributed by atoms with E-state index in [1.807, 2.05) is 17.8 Å². The summed E-state index contributed by atoms with van der Waals surface area (Å²) in [6.07, 6.45) is -6.57. The van der Waals surface area contributed by atoms with Crippen molar-refractivity contribution < 1.29 is 35.9 Å². The van der Waals surface area contributed by atoms with Gasteiger partial charge < -0.3 is 5.73 Å². The standard InChI is InChI=1S/C14H13F6N5O2.C3H6/c1-7(26)23-24-11(27)2-3-22-25-12(21)8-4-9(13(15,16)17)6-10(5-8)14(18,19)20;1-3-2/h2-6,22H,1H3,(H2,21,25)(H,23,26)(H,24,27);3H,1H2,2H3/b3-2-;. The van der Waals surface area contributed by atoms with Crippen molar-refractivity contribution >= 4 is 17.6 Å². The van der Waals surface area contributed by atoms with Crippen molar-refractivity contribution in [1.82, 2.24) is 16.3 Å². The largest absolute Gasteiger partial charge is 0.416 e. The molecule has 0 aliphatic heterocycles. The number of amidine groups is 1. The van der Waals surface area contributed by atoms with Gasteiger partial charge in [0.05, 0.1) is 11.1 Å². The summed E-state index contributed by atoms with van der Waals surface area (Å²) < 4.78 is 76.7. The first kappa shape index (κ1) is 26.5. The van der Waals surface area contributed by atoms with Gasteiger partial charge in [0.15, 0.2) is 5.84 Å². The van der Waals surface area contributed by atoms with E-state index in [0.717, 1.165) is 19.2 Å². The molecule has 2 amide bonds. The summed E-state index contributed by atoms with van der Waals surface area (Å²) in [6, 6.07) is 0.766. The fourth-order valence-electron chi connectivity index (χ4n) is 1.58. The highest BCUT2D eigenvalue weighted by Gasteiger charge is 2.37. The van der Waals surface area contributed by atoms with Crippen molar-refractivity contribution in [3.8, 4) is 0 Å². The van der Waals surface area contributed by atoms with Gasteiger partial charge in [-0.3, -0.25) is 25.9 Å². The molecule has 0 aromatic heterocycles. The van der Waals surface area contributed by atoms with Crippen molar-refractivity contribution in [2.45, 2.75) is 26.2 Å². The number of benzene rings is 1. The van der Waals surface area contributed by atoms with Crippen LogP contribution in [0.25, 0.3) is 0 Å². The van der Waals surface area contributed by atoms with E-state index in [4.69, 9.17) is 5.73 Å². The van der Waals surface area contributed by atoms with Gasteiger partial charge in [0, 0.05) is 24.8 Å². The Kier molecular flexibility index (Phi) is 10.1. The molecule has 0 aliphatic carbocycles. The molecule has 7 nitrogen and oxygen atoms in total.